The van der Waals surface area contributed by atoms with Gasteiger partial charge in [-0.1, -0.05) is 0 Å². The molecule has 0 radical (unpaired) electrons. The van der Waals surface area contributed by atoms with Crippen LogP contribution in [0.1, 0.15) is 44.6 Å². The summed E-state index contributed by atoms with van der Waals surface area (Å²) in [5, 5.41) is 17.7. The minimum Gasteiger partial charge on any atom is -0.388 e. The van der Waals surface area contributed by atoms with Gasteiger partial charge in [-0.25, -0.2) is 23.7 Å². The van der Waals surface area contributed by atoms with Crippen LogP contribution in [0.5, 0.6) is 0 Å². The van der Waals surface area contributed by atoms with Gasteiger partial charge in [0.2, 0.25) is 5.91 Å². The summed E-state index contributed by atoms with van der Waals surface area (Å²) in [4.78, 5) is 29.4. The lowest BCUT2D eigenvalue weighted by molar-refractivity contribution is -0.131. The maximum Gasteiger partial charge on any atom is 0.264 e. The van der Waals surface area contributed by atoms with E-state index >= 15 is 0 Å². The van der Waals surface area contributed by atoms with Crippen LogP contribution in [0.2, 0.25) is 0 Å². The van der Waals surface area contributed by atoms with Crippen molar-refractivity contribution < 1.29 is 18.7 Å². The van der Waals surface area contributed by atoms with Gasteiger partial charge in [0.1, 0.15) is 17.5 Å². The molecule has 200 valence electrons. The largest absolute Gasteiger partial charge is 0.388 e. The zero-order valence-corrected chi connectivity index (χ0v) is 21.1. The van der Waals surface area contributed by atoms with Crippen molar-refractivity contribution in [3.63, 3.8) is 0 Å². The number of nitrogens with zero attached hydrogens (tertiary/aromatic N) is 7. The second-order valence-corrected chi connectivity index (χ2v) is 10.8. The molecule has 3 aromatic rings. The highest BCUT2D eigenvalue weighted by Gasteiger charge is 2.46. The Hall–Kier alpha value is -3.67. The van der Waals surface area contributed by atoms with Crippen LogP contribution in [0.15, 0.2) is 36.8 Å². The molecule has 0 aromatic carbocycles. The number of rotatable bonds is 7. The van der Waals surface area contributed by atoms with Gasteiger partial charge in [-0.3, -0.25) is 9.48 Å². The van der Waals surface area contributed by atoms with Crippen LogP contribution in [0, 0.1) is 5.41 Å². The van der Waals surface area contributed by atoms with Gasteiger partial charge in [-0.05, 0) is 37.8 Å². The molecule has 2 aliphatic heterocycles. The Morgan fingerprint density at radius 3 is 2.58 bits per heavy atom. The number of carbonyl (C=O) groups excluding carboxylic acids is 1. The summed E-state index contributed by atoms with van der Waals surface area (Å²) in [7, 11) is 0. The van der Waals surface area contributed by atoms with Crippen LogP contribution in [-0.4, -0.2) is 72.4 Å². The Labute approximate surface area is 218 Å². The first-order chi connectivity index (χ1) is 18.2. The van der Waals surface area contributed by atoms with E-state index in [-0.39, 0.29) is 22.7 Å². The molecule has 2 saturated heterocycles. The first-order valence-corrected chi connectivity index (χ1v) is 12.9. The molecule has 1 saturated carbocycles. The third kappa shape index (κ3) is 5.04. The van der Waals surface area contributed by atoms with Crippen LogP contribution in [0.3, 0.4) is 0 Å². The van der Waals surface area contributed by atoms with Crippen molar-refractivity contribution >= 4 is 23.4 Å². The Morgan fingerprint density at radius 2 is 1.89 bits per heavy atom. The van der Waals surface area contributed by atoms with E-state index in [1.165, 1.54) is 18.3 Å². The molecule has 2 N–H and O–H groups in total. The number of aromatic nitrogens is 5. The zero-order valence-electron chi connectivity index (χ0n) is 21.1. The van der Waals surface area contributed by atoms with E-state index in [4.69, 9.17) is 4.98 Å². The average molecular weight is 525 g/mol. The lowest BCUT2D eigenvalue weighted by Gasteiger charge is -2.54. The van der Waals surface area contributed by atoms with Crippen molar-refractivity contribution in [1.82, 2.24) is 29.6 Å². The van der Waals surface area contributed by atoms with Crippen LogP contribution in [0.4, 0.5) is 26.2 Å². The highest BCUT2D eigenvalue weighted by molar-refractivity contribution is 5.73. The Kier molecular flexibility index (Phi) is 6.01. The molecule has 10 nitrogen and oxygen atoms in total. The van der Waals surface area contributed by atoms with Crippen molar-refractivity contribution in [3.8, 4) is 11.4 Å². The molecule has 1 amide bonds. The quantitative estimate of drug-likeness (QED) is 0.484. The first kappa shape index (κ1) is 24.7. The summed E-state index contributed by atoms with van der Waals surface area (Å²) in [5.74, 6) is 1.98. The molecular weight excluding hydrogens is 494 g/mol. The van der Waals surface area contributed by atoms with E-state index in [1.54, 1.807) is 23.9 Å². The number of alkyl halides is 2. The summed E-state index contributed by atoms with van der Waals surface area (Å²) >= 11 is 0. The minimum atomic E-state index is -2.60. The van der Waals surface area contributed by atoms with Crippen LogP contribution in [0.25, 0.3) is 11.4 Å². The van der Waals surface area contributed by atoms with E-state index in [2.05, 4.69) is 25.3 Å². The zero-order chi connectivity index (χ0) is 26.5. The summed E-state index contributed by atoms with van der Waals surface area (Å²) in [6, 6.07) is 4.39. The molecule has 3 fully saturated rings. The van der Waals surface area contributed by atoms with Crippen molar-refractivity contribution in [3.05, 3.63) is 42.4 Å². The molecule has 0 bridgehead atoms. The maximum absolute atomic E-state index is 13.2. The third-order valence-corrected chi connectivity index (χ3v) is 7.83. The predicted octanol–water partition coefficient (Wildman–Crippen LogP) is 3.39. The van der Waals surface area contributed by atoms with Crippen LogP contribution < -0.4 is 10.2 Å². The normalized spacial score (nSPS) is 19.5. The molecule has 1 spiro atoms. The minimum absolute atomic E-state index is 0.117. The highest BCUT2D eigenvalue weighted by Crippen LogP contribution is 2.43. The van der Waals surface area contributed by atoms with E-state index in [0.29, 0.717) is 23.8 Å². The number of nitrogens with one attached hydrogen (secondary N) is 1. The number of hydrogen-bond acceptors (Lipinski definition) is 8. The maximum atomic E-state index is 13.2. The summed E-state index contributed by atoms with van der Waals surface area (Å²) < 4.78 is 28.1. The van der Waals surface area contributed by atoms with Crippen molar-refractivity contribution in [2.24, 2.45) is 5.41 Å². The molecule has 12 heteroatoms. The lowest BCUT2D eigenvalue weighted by Crippen LogP contribution is -2.61. The fourth-order valence-corrected chi connectivity index (χ4v) is 5.28. The van der Waals surface area contributed by atoms with Crippen LogP contribution in [-0.2, 0) is 11.3 Å². The highest BCUT2D eigenvalue weighted by atomic mass is 19.3. The molecule has 1 aliphatic carbocycles. The van der Waals surface area contributed by atoms with E-state index < -0.39 is 12.0 Å². The van der Waals surface area contributed by atoms with Gasteiger partial charge in [-0.2, -0.15) is 5.10 Å². The van der Waals surface area contributed by atoms with E-state index in [0.717, 1.165) is 57.7 Å². The third-order valence-electron chi connectivity index (χ3n) is 7.83. The molecule has 0 unspecified atom stereocenters. The molecule has 5 heterocycles. The van der Waals surface area contributed by atoms with E-state index in [9.17, 15) is 18.7 Å². The summed E-state index contributed by atoms with van der Waals surface area (Å²) in [6.45, 7) is 5.20. The van der Waals surface area contributed by atoms with Crippen LogP contribution >= 0.6 is 0 Å². The SMILES string of the molecule is CC(=O)N1CCC2(CC1)CN(c1cc(Nc3cc(C(F)F)ccn3)nc(-c3cnn(CC4(O)CC4)c3)n1)C2. The first-order valence-electron chi connectivity index (χ1n) is 12.9. The van der Waals surface area contributed by atoms with Gasteiger partial charge in [0.15, 0.2) is 5.82 Å². The smallest absolute Gasteiger partial charge is 0.264 e. The van der Waals surface area contributed by atoms with Gasteiger partial charge >= 0.3 is 0 Å². The topological polar surface area (TPSA) is 112 Å². The second kappa shape index (κ2) is 9.26. The number of carbonyl (C=O) groups is 1. The number of pyridine rings is 1. The summed E-state index contributed by atoms with van der Waals surface area (Å²) in [6.07, 6.45) is 5.63. The Morgan fingerprint density at radius 1 is 1.13 bits per heavy atom. The van der Waals surface area contributed by atoms with E-state index in [1.807, 2.05) is 11.1 Å². The standard InChI is InChI=1S/C26H30F2N8O2/c1-17(37)34-8-5-25(6-9-34)14-35(15-25)22-11-21(31-20-10-18(23(27)28)2-7-29-20)32-24(33-22)19-12-30-36(13-19)16-26(38)3-4-26/h2,7,10-13,23,38H,3-6,8-9,14-16H2,1H3,(H,29,31,32,33). The Bertz CT molecular complexity index is 1340. The van der Waals surface area contributed by atoms with Gasteiger partial charge in [0, 0.05) is 62.5 Å². The van der Waals surface area contributed by atoms with Crippen molar-refractivity contribution in [2.45, 2.75) is 51.2 Å². The van der Waals surface area contributed by atoms with Gasteiger partial charge in [-0.15, -0.1) is 0 Å². The summed E-state index contributed by atoms with van der Waals surface area (Å²) in [5.41, 5.74) is 0.0307. The number of piperidine rings is 1. The van der Waals surface area contributed by atoms with Gasteiger partial charge < -0.3 is 20.2 Å². The molecule has 6 rings (SSSR count). The Balaban J connectivity index is 1.26. The number of aliphatic hydroxyl groups is 1. The molecule has 3 aromatic heterocycles. The molecule has 3 aliphatic rings. The number of hydrogen-bond donors (Lipinski definition) is 2. The van der Waals surface area contributed by atoms with Crippen molar-refractivity contribution in [2.75, 3.05) is 36.4 Å². The van der Waals surface area contributed by atoms with Gasteiger partial charge in [0.05, 0.1) is 23.9 Å². The number of anilines is 3. The number of halogens is 2. The van der Waals surface area contributed by atoms with Gasteiger partial charge in [0.25, 0.3) is 6.43 Å². The fourth-order valence-electron chi connectivity index (χ4n) is 5.28. The molecular formula is C26H30F2N8O2. The molecule has 0 atom stereocenters. The fraction of sp³-hybridized carbons (Fsp3) is 0.500. The average Bonchev–Trinajstić information content (AvgIpc) is 3.41. The lowest BCUT2D eigenvalue weighted by atomic mass is 9.72. The monoisotopic (exact) mass is 524 g/mol. The van der Waals surface area contributed by atoms with Crippen molar-refractivity contribution in [1.29, 1.82) is 0 Å². The second-order valence-electron chi connectivity index (χ2n) is 10.8. The number of likely N-dealkylation sites (tertiary alicyclic amines) is 1. The number of amides is 1. The predicted molar refractivity (Wildman–Crippen MR) is 136 cm³/mol. The molecule has 38 heavy (non-hydrogen) atoms.